The van der Waals surface area contributed by atoms with Gasteiger partial charge in [0.2, 0.25) is 5.43 Å². The number of hydrogen-bond donors (Lipinski definition) is 0. The van der Waals surface area contributed by atoms with Gasteiger partial charge in [-0.15, -0.1) is 11.3 Å². The number of anilines is 1. The Labute approximate surface area is 254 Å². The number of morpholine rings is 1. The predicted molar refractivity (Wildman–Crippen MR) is 173 cm³/mol. The van der Waals surface area contributed by atoms with Gasteiger partial charge < -0.3 is 23.9 Å². The Morgan fingerprint density at radius 1 is 1.19 bits per heavy atom. The summed E-state index contributed by atoms with van der Waals surface area (Å²) in [6.45, 7) is 11.2. The fraction of sp³-hybridized carbons (Fsp3) is 0.545. The molecule has 1 amide bonds. The van der Waals surface area contributed by atoms with Crippen molar-refractivity contribution in [3.63, 3.8) is 0 Å². The topological polar surface area (TPSA) is 78.6 Å². The zero-order chi connectivity index (χ0) is 30.2. The molecule has 2 fully saturated rings. The number of aliphatic imine (C=N–C) groups is 1. The number of allylic oxidation sites excluding steroid dienone is 3. The first-order valence-electron chi connectivity index (χ1n) is 15.3. The quantitative estimate of drug-likeness (QED) is 0.363. The third-order valence-corrected chi connectivity index (χ3v) is 8.81. The number of aryl methyl sites for hydroxylation is 1. The van der Waals surface area contributed by atoms with Gasteiger partial charge in [-0.1, -0.05) is 45.3 Å². The number of nitrogens with zero attached hydrogens (tertiary/aromatic N) is 4. The molecule has 0 bridgehead atoms. The highest BCUT2D eigenvalue weighted by atomic mass is 32.1. The summed E-state index contributed by atoms with van der Waals surface area (Å²) < 4.78 is 12.0. The van der Waals surface area contributed by atoms with Gasteiger partial charge in [0.05, 0.1) is 13.2 Å². The van der Waals surface area contributed by atoms with Crippen molar-refractivity contribution in [3.05, 3.63) is 62.4 Å². The highest BCUT2D eigenvalue weighted by Crippen LogP contribution is 2.34. The summed E-state index contributed by atoms with van der Waals surface area (Å²) in [5.41, 5.74) is 4.81. The van der Waals surface area contributed by atoms with E-state index in [0.717, 1.165) is 83.8 Å². The first-order valence-corrected chi connectivity index (χ1v) is 16.2. The minimum absolute atomic E-state index is 0.0542. The molecule has 0 unspecified atom stereocenters. The molecule has 2 aromatic heterocycles. The molecule has 228 valence electrons. The number of amides is 1. The summed E-state index contributed by atoms with van der Waals surface area (Å²) >= 11 is 1.49. The fourth-order valence-electron chi connectivity index (χ4n) is 5.66. The van der Waals surface area contributed by atoms with Crippen molar-refractivity contribution < 1.29 is 13.9 Å². The van der Waals surface area contributed by atoms with Crippen molar-refractivity contribution in [2.75, 3.05) is 45.3 Å². The van der Waals surface area contributed by atoms with Crippen LogP contribution in [-0.4, -0.2) is 68.0 Å². The highest BCUT2D eigenvalue weighted by molar-refractivity contribution is 7.17. The molecule has 0 N–H and O–H groups in total. The lowest BCUT2D eigenvalue weighted by molar-refractivity contribution is -0.126. The molecule has 0 radical (unpaired) electrons. The molecule has 1 aliphatic carbocycles. The van der Waals surface area contributed by atoms with Gasteiger partial charge in [0, 0.05) is 56.1 Å². The van der Waals surface area contributed by atoms with Crippen molar-refractivity contribution >= 4 is 39.2 Å². The van der Waals surface area contributed by atoms with E-state index in [1.807, 2.05) is 39.4 Å². The predicted octanol–water partition coefficient (Wildman–Crippen LogP) is 6.52. The van der Waals surface area contributed by atoms with Crippen LogP contribution in [0.4, 0.5) is 5.88 Å². The third-order valence-electron chi connectivity index (χ3n) is 7.79. The van der Waals surface area contributed by atoms with Gasteiger partial charge in [0.25, 0.3) is 5.91 Å². The van der Waals surface area contributed by atoms with Gasteiger partial charge in [-0.25, -0.2) is 4.99 Å². The number of rotatable bonds is 7. The van der Waals surface area contributed by atoms with E-state index >= 15 is 0 Å². The molecule has 1 saturated carbocycles. The maximum atomic E-state index is 12.6. The molecule has 5 rings (SSSR count). The summed E-state index contributed by atoms with van der Waals surface area (Å²) in [6.07, 6.45) is 13.9. The van der Waals surface area contributed by atoms with Gasteiger partial charge in [-0.3, -0.25) is 9.59 Å². The second-order valence-electron chi connectivity index (χ2n) is 11.2. The van der Waals surface area contributed by atoms with Crippen LogP contribution in [-0.2, 0) is 16.0 Å². The second-order valence-corrected chi connectivity index (χ2v) is 12.1. The Kier molecular flexibility index (Phi) is 11.2. The lowest BCUT2D eigenvalue weighted by Crippen LogP contribution is -2.40. The smallest absolute Gasteiger partial charge is 0.270 e. The van der Waals surface area contributed by atoms with Crippen LogP contribution in [0.15, 0.2) is 60.8 Å². The van der Waals surface area contributed by atoms with Gasteiger partial charge in [0.15, 0.2) is 11.5 Å². The fourth-order valence-corrected chi connectivity index (χ4v) is 6.60. The minimum atomic E-state index is 0.0542. The Bertz CT molecular complexity index is 1420. The molecule has 0 aromatic carbocycles. The lowest BCUT2D eigenvalue weighted by atomic mass is 10.2. The van der Waals surface area contributed by atoms with Crippen molar-refractivity contribution in [1.29, 1.82) is 0 Å². The number of amidine groups is 1. The van der Waals surface area contributed by atoms with Crippen molar-refractivity contribution in [3.8, 4) is 0 Å². The molecule has 0 spiro atoms. The maximum Gasteiger partial charge on any atom is 0.270 e. The summed E-state index contributed by atoms with van der Waals surface area (Å²) in [7, 11) is 3.62. The average molecular weight is 595 g/mol. The number of carbonyl (C=O) groups excluding carboxylic acids is 1. The summed E-state index contributed by atoms with van der Waals surface area (Å²) in [4.78, 5) is 35.6. The Morgan fingerprint density at radius 2 is 1.90 bits per heavy atom. The van der Waals surface area contributed by atoms with Crippen LogP contribution >= 0.6 is 11.3 Å². The Hall–Kier alpha value is -3.17. The second kappa shape index (κ2) is 14.8. The molecule has 2 aromatic rings. The zero-order valence-electron chi connectivity index (χ0n) is 26.1. The molecular formula is C33H46N4O4S. The molecule has 0 atom stereocenters. The van der Waals surface area contributed by atoms with E-state index in [1.165, 1.54) is 24.2 Å². The largest absolute Gasteiger partial charge is 0.439 e. The first kappa shape index (κ1) is 31.8. The first-order chi connectivity index (χ1) is 20.3. The SMILES string of the molecule is C/C=C1/C=C(C(=O)N(C)C)N(C2CCCC2)/C1=N/C(C)=C\CC.CCCc1csc2c(=O)cc(N3CCOCC3)oc12. The van der Waals surface area contributed by atoms with Crippen LogP contribution in [0.3, 0.4) is 0 Å². The summed E-state index contributed by atoms with van der Waals surface area (Å²) in [5, 5.41) is 2.04. The van der Waals surface area contributed by atoms with Crippen LogP contribution in [0.2, 0.25) is 0 Å². The molecule has 9 heteroatoms. The lowest BCUT2D eigenvalue weighted by Gasteiger charge is -2.30. The highest BCUT2D eigenvalue weighted by Gasteiger charge is 2.37. The minimum Gasteiger partial charge on any atom is -0.439 e. The van der Waals surface area contributed by atoms with Crippen molar-refractivity contribution in [1.82, 2.24) is 9.80 Å². The van der Waals surface area contributed by atoms with E-state index in [-0.39, 0.29) is 11.3 Å². The van der Waals surface area contributed by atoms with Crippen molar-refractivity contribution in [2.24, 2.45) is 4.99 Å². The van der Waals surface area contributed by atoms with E-state index < -0.39 is 0 Å². The maximum absolute atomic E-state index is 12.6. The van der Waals surface area contributed by atoms with E-state index in [4.69, 9.17) is 14.1 Å². The molecule has 2 aliphatic heterocycles. The molecule has 1 saturated heterocycles. The zero-order valence-corrected chi connectivity index (χ0v) is 26.9. The van der Waals surface area contributed by atoms with E-state index in [0.29, 0.717) is 25.1 Å². The standard InChI is InChI=1S/C19H29N3O.C14H17NO3S/c1-6-10-14(3)20-18-15(7-2)13-17(19(23)21(4)5)22(18)16-11-8-9-12-16;1-2-3-10-9-19-14-11(16)8-12(18-13(10)14)15-4-6-17-7-5-15/h7,10,13,16H,6,8-9,11-12H2,1-5H3;8-9H,2-7H2,1H3/b14-10-,15-7-,20-18+;. The van der Waals surface area contributed by atoms with Crippen LogP contribution in [0.5, 0.6) is 0 Å². The number of ether oxygens (including phenoxy) is 1. The third kappa shape index (κ3) is 7.24. The molecule has 3 aliphatic rings. The molecule has 4 heterocycles. The molecule has 42 heavy (non-hydrogen) atoms. The van der Waals surface area contributed by atoms with Gasteiger partial charge in [-0.05, 0) is 51.0 Å². The number of thiophene rings is 1. The van der Waals surface area contributed by atoms with E-state index in [9.17, 15) is 9.59 Å². The number of fused-ring (bicyclic) bond motifs is 1. The van der Waals surface area contributed by atoms with Crippen LogP contribution in [0, 0.1) is 0 Å². The van der Waals surface area contributed by atoms with Crippen LogP contribution in [0.25, 0.3) is 10.3 Å². The van der Waals surface area contributed by atoms with Crippen molar-refractivity contribution in [2.45, 2.75) is 78.7 Å². The number of carbonyl (C=O) groups is 1. The van der Waals surface area contributed by atoms with Gasteiger partial charge in [0.1, 0.15) is 16.2 Å². The normalized spacial score (nSPS) is 20.0. The Morgan fingerprint density at radius 3 is 2.52 bits per heavy atom. The van der Waals surface area contributed by atoms with Crippen LogP contribution < -0.4 is 10.3 Å². The summed E-state index contributed by atoms with van der Waals surface area (Å²) in [6, 6.07) is 2.00. The van der Waals surface area contributed by atoms with Gasteiger partial charge >= 0.3 is 0 Å². The van der Waals surface area contributed by atoms with Gasteiger partial charge in [-0.2, -0.15) is 0 Å². The summed E-state index contributed by atoms with van der Waals surface area (Å²) in [5.74, 6) is 1.67. The Balaban J connectivity index is 0.000000196. The number of likely N-dealkylation sites (N-methyl/N-ethyl adjacent to an activating group) is 1. The monoisotopic (exact) mass is 594 g/mol. The average Bonchev–Trinajstić information content (AvgIpc) is 3.73. The molecule has 8 nitrogen and oxygen atoms in total. The molecular weight excluding hydrogens is 548 g/mol. The number of hydrogen-bond acceptors (Lipinski definition) is 7. The van der Waals surface area contributed by atoms with Crippen LogP contribution in [0.1, 0.15) is 71.8 Å². The van der Waals surface area contributed by atoms with E-state index in [1.54, 1.807) is 11.0 Å². The van der Waals surface area contributed by atoms with E-state index in [2.05, 4.69) is 35.8 Å².